The first-order valence-corrected chi connectivity index (χ1v) is 9.06. The number of hydrogen-bond donors (Lipinski definition) is 2. The molecule has 0 saturated carbocycles. The molecule has 0 bridgehead atoms. The zero-order valence-electron chi connectivity index (χ0n) is 14.5. The summed E-state index contributed by atoms with van der Waals surface area (Å²) >= 11 is 0. The summed E-state index contributed by atoms with van der Waals surface area (Å²) in [6.07, 6.45) is 6.67. The average molecular weight is 356 g/mol. The van der Waals surface area contributed by atoms with Crippen molar-refractivity contribution in [3.05, 3.63) is 47.9 Å². The molecule has 136 valence electrons. The van der Waals surface area contributed by atoms with Crippen LogP contribution in [0.15, 0.2) is 47.4 Å². The molecule has 4 nitrogen and oxygen atoms in total. The topological polar surface area (TPSA) is 49.3 Å². The number of hydrogen-bond acceptors (Lipinski definition) is 4. The van der Waals surface area contributed by atoms with Gasteiger partial charge in [0.15, 0.2) is 0 Å². The van der Waals surface area contributed by atoms with E-state index in [1.54, 1.807) is 12.4 Å². The molecule has 6 heteroatoms. The summed E-state index contributed by atoms with van der Waals surface area (Å²) in [4.78, 5) is 8.31. The number of anilines is 1. The highest BCUT2D eigenvalue weighted by molar-refractivity contribution is 5.95. The van der Waals surface area contributed by atoms with Gasteiger partial charge in [-0.2, -0.15) is 0 Å². The van der Waals surface area contributed by atoms with Gasteiger partial charge < -0.3 is 10.6 Å². The minimum absolute atomic E-state index is 0.0974. The van der Waals surface area contributed by atoms with Crippen molar-refractivity contribution in [2.45, 2.75) is 37.6 Å². The fourth-order valence-corrected chi connectivity index (χ4v) is 3.69. The minimum Gasteiger partial charge on any atom is -0.382 e. The molecule has 4 rings (SSSR count). The predicted molar refractivity (Wildman–Crippen MR) is 101 cm³/mol. The fourth-order valence-electron chi connectivity index (χ4n) is 3.69. The quantitative estimate of drug-likeness (QED) is 0.867. The highest BCUT2D eigenvalue weighted by atomic mass is 19.3. The Hall–Kier alpha value is -2.34. The number of nitrogens with one attached hydrogen (secondary N) is 2. The largest absolute Gasteiger partial charge is 0.382 e. The lowest BCUT2D eigenvalue weighted by atomic mass is 9.90. The molecule has 2 aliphatic heterocycles. The number of nitrogens with zero attached hydrogens (tertiary/aromatic N) is 2. The number of allylic oxidation sites excluding steroid dienone is 1. The molecular weight excluding hydrogens is 334 g/mol. The maximum absolute atomic E-state index is 13.1. The van der Waals surface area contributed by atoms with E-state index >= 15 is 0 Å². The van der Waals surface area contributed by atoms with Gasteiger partial charge in [-0.3, -0.25) is 9.98 Å². The second-order valence-corrected chi connectivity index (χ2v) is 6.95. The smallest absolute Gasteiger partial charge is 0.261 e. The van der Waals surface area contributed by atoms with Gasteiger partial charge in [0, 0.05) is 53.4 Å². The molecule has 2 N–H and O–H groups in total. The van der Waals surface area contributed by atoms with E-state index in [-0.39, 0.29) is 11.5 Å². The van der Waals surface area contributed by atoms with E-state index in [1.165, 1.54) is 6.20 Å². The molecule has 1 saturated heterocycles. The third kappa shape index (κ3) is 3.60. The molecule has 2 aliphatic rings. The Balaban J connectivity index is 1.67. The average Bonchev–Trinajstić information content (AvgIpc) is 2.69. The fraction of sp³-hybridized carbons (Fsp3) is 0.400. The SMILES string of the molecule is FC(F)C1=CN=CC(c2cc(NC3CCNCC3)c3cnccc3c2)C1. The number of alkyl halides is 2. The molecule has 1 fully saturated rings. The van der Waals surface area contributed by atoms with Crippen molar-refractivity contribution in [3.63, 3.8) is 0 Å². The van der Waals surface area contributed by atoms with Crippen LogP contribution in [0.5, 0.6) is 0 Å². The monoisotopic (exact) mass is 356 g/mol. The van der Waals surface area contributed by atoms with Crippen LogP contribution in [0.1, 0.15) is 30.7 Å². The zero-order chi connectivity index (χ0) is 17.9. The third-order valence-corrected chi connectivity index (χ3v) is 5.15. The molecule has 0 aliphatic carbocycles. The highest BCUT2D eigenvalue weighted by Gasteiger charge is 2.22. The van der Waals surface area contributed by atoms with Crippen LogP contribution in [0.2, 0.25) is 0 Å². The van der Waals surface area contributed by atoms with Gasteiger partial charge in [-0.1, -0.05) is 6.07 Å². The number of fused-ring (bicyclic) bond motifs is 1. The highest BCUT2D eigenvalue weighted by Crippen LogP contribution is 2.34. The minimum atomic E-state index is -2.45. The van der Waals surface area contributed by atoms with Crippen LogP contribution < -0.4 is 10.6 Å². The first-order chi connectivity index (χ1) is 12.7. The van der Waals surface area contributed by atoms with Gasteiger partial charge in [-0.15, -0.1) is 0 Å². The summed E-state index contributed by atoms with van der Waals surface area (Å²) < 4.78 is 26.2. The Morgan fingerprint density at radius 2 is 2.04 bits per heavy atom. The van der Waals surface area contributed by atoms with Crippen molar-refractivity contribution >= 4 is 22.7 Å². The summed E-state index contributed by atoms with van der Waals surface area (Å²) in [5.74, 6) is -0.130. The summed E-state index contributed by atoms with van der Waals surface area (Å²) in [6.45, 7) is 2.01. The Morgan fingerprint density at radius 3 is 2.85 bits per heavy atom. The van der Waals surface area contributed by atoms with E-state index in [0.717, 1.165) is 48.0 Å². The standard InChI is InChI=1S/C20H22F2N4/c21-20(22)16-8-15(10-25-11-16)14-7-13-1-4-24-12-18(13)19(9-14)26-17-2-5-23-6-3-17/h1,4,7,9-12,15,17,20,23,26H,2-3,5-6,8H2. The van der Waals surface area contributed by atoms with Crippen LogP contribution in [-0.4, -0.2) is 36.8 Å². The number of halogens is 2. The van der Waals surface area contributed by atoms with Gasteiger partial charge in [-0.05, 0) is 55.4 Å². The molecule has 1 unspecified atom stereocenters. The van der Waals surface area contributed by atoms with Gasteiger partial charge in [-0.25, -0.2) is 8.78 Å². The molecule has 2 aromatic rings. The zero-order valence-corrected chi connectivity index (χ0v) is 14.5. The Morgan fingerprint density at radius 1 is 1.19 bits per heavy atom. The van der Waals surface area contributed by atoms with Gasteiger partial charge >= 0.3 is 0 Å². The van der Waals surface area contributed by atoms with Crippen LogP contribution in [0.4, 0.5) is 14.5 Å². The molecule has 0 radical (unpaired) electrons. The summed E-state index contributed by atoms with van der Waals surface area (Å²) in [5.41, 5.74) is 2.13. The van der Waals surface area contributed by atoms with Crippen molar-refractivity contribution in [2.24, 2.45) is 4.99 Å². The van der Waals surface area contributed by atoms with E-state index in [1.807, 2.05) is 12.3 Å². The summed E-state index contributed by atoms with van der Waals surface area (Å²) in [6, 6.07) is 6.52. The number of pyridine rings is 1. The van der Waals surface area contributed by atoms with E-state index in [2.05, 4.69) is 32.7 Å². The van der Waals surface area contributed by atoms with E-state index in [9.17, 15) is 8.78 Å². The Bertz CT molecular complexity index is 841. The maximum atomic E-state index is 13.1. The van der Waals surface area contributed by atoms with Crippen molar-refractivity contribution in [2.75, 3.05) is 18.4 Å². The van der Waals surface area contributed by atoms with Crippen LogP contribution in [0.3, 0.4) is 0 Å². The van der Waals surface area contributed by atoms with Gasteiger partial charge in [0.1, 0.15) is 0 Å². The van der Waals surface area contributed by atoms with Crippen molar-refractivity contribution < 1.29 is 8.78 Å². The Kier molecular flexibility index (Phi) is 4.93. The van der Waals surface area contributed by atoms with Gasteiger partial charge in [0.2, 0.25) is 0 Å². The summed E-state index contributed by atoms with van der Waals surface area (Å²) in [5, 5.41) is 9.15. The van der Waals surface area contributed by atoms with E-state index in [0.29, 0.717) is 12.5 Å². The normalized spacial score (nSPS) is 21.2. The van der Waals surface area contributed by atoms with Gasteiger partial charge in [0.05, 0.1) is 0 Å². The molecule has 0 spiro atoms. The number of piperidine rings is 1. The number of rotatable bonds is 4. The number of aromatic nitrogens is 1. The first kappa shape index (κ1) is 17.1. The van der Waals surface area contributed by atoms with Crippen LogP contribution >= 0.6 is 0 Å². The van der Waals surface area contributed by atoms with E-state index < -0.39 is 6.43 Å². The molecule has 1 atom stereocenters. The molecule has 26 heavy (non-hydrogen) atoms. The maximum Gasteiger partial charge on any atom is 0.261 e. The van der Waals surface area contributed by atoms with Crippen molar-refractivity contribution in [1.29, 1.82) is 0 Å². The first-order valence-electron chi connectivity index (χ1n) is 9.06. The van der Waals surface area contributed by atoms with E-state index in [4.69, 9.17) is 0 Å². The van der Waals surface area contributed by atoms with Crippen molar-refractivity contribution in [1.82, 2.24) is 10.3 Å². The van der Waals surface area contributed by atoms with Crippen LogP contribution in [0.25, 0.3) is 10.8 Å². The molecule has 1 aromatic heterocycles. The Labute approximate surface area is 151 Å². The van der Waals surface area contributed by atoms with Crippen molar-refractivity contribution in [3.8, 4) is 0 Å². The molecule has 3 heterocycles. The third-order valence-electron chi connectivity index (χ3n) is 5.15. The molecule has 1 aromatic carbocycles. The lowest BCUT2D eigenvalue weighted by Crippen LogP contribution is -2.35. The lowest BCUT2D eigenvalue weighted by Gasteiger charge is -2.26. The second kappa shape index (κ2) is 7.50. The van der Waals surface area contributed by atoms with Crippen LogP contribution in [-0.2, 0) is 0 Å². The van der Waals surface area contributed by atoms with Crippen LogP contribution in [0, 0.1) is 0 Å². The molecule has 0 amide bonds. The second-order valence-electron chi connectivity index (χ2n) is 6.95. The molecular formula is C20H22F2N4. The van der Waals surface area contributed by atoms with Gasteiger partial charge in [0.25, 0.3) is 6.43 Å². The lowest BCUT2D eigenvalue weighted by molar-refractivity contribution is 0.184. The predicted octanol–water partition coefficient (Wildman–Crippen LogP) is 4.11. The summed E-state index contributed by atoms with van der Waals surface area (Å²) in [7, 11) is 0. The number of aliphatic imine (C=N–C) groups is 1. The number of benzene rings is 1.